The zero-order valence-corrected chi connectivity index (χ0v) is 16.9. The van der Waals surface area contributed by atoms with Crippen LogP contribution in [0.15, 0.2) is 59.8 Å². The predicted octanol–water partition coefficient (Wildman–Crippen LogP) is 5.81. The second-order valence-electron chi connectivity index (χ2n) is 5.87. The standard InChI is InChI=1S/C20H16ClN3OS2/c1-2-24-19(18-17(21)14-10-6-7-11-16(14)27-18)22-23-20(24)26-12-15(25)13-8-4-3-5-9-13/h3-11H,2,12H2,1H3. The molecule has 0 atom stereocenters. The van der Waals surface area contributed by atoms with E-state index in [-0.39, 0.29) is 5.78 Å². The Morgan fingerprint density at radius 3 is 2.59 bits per heavy atom. The maximum atomic E-state index is 12.4. The fourth-order valence-electron chi connectivity index (χ4n) is 2.84. The number of aromatic nitrogens is 3. The Hall–Kier alpha value is -2.15. The first kappa shape index (κ1) is 18.2. The van der Waals surface area contributed by atoms with E-state index in [1.54, 1.807) is 11.3 Å². The lowest BCUT2D eigenvalue weighted by molar-refractivity contribution is 0.102. The highest BCUT2D eigenvalue weighted by atomic mass is 35.5. The zero-order chi connectivity index (χ0) is 18.8. The largest absolute Gasteiger partial charge is 0.302 e. The molecule has 0 fully saturated rings. The Labute approximate surface area is 170 Å². The van der Waals surface area contributed by atoms with Gasteiger partial charge in [0.15, 0.2) is 16.8 Å². The van der Waals surface area contributed by atoms with Crippen LogP contribution < -0.4 is 0 Å². The van der Waals surface area contributed by atoms with Crippen molar-refractivity contribution >= 4 is 50.6 Å². The molecule has 0 saturated carbocycles. The van der Waals surface area contributed by atoms with Gasteiger partial charge in [-0.3, -0.25) is 4.79 Å². The van der Waals surface area contributed by atoms with Crippen LogP contribution in [0, 0.1) is 0 Å². The minimum atomic E-state index is 0.0766. The monoisotopic (exact) mass is 413 g/mol. The first-order valence-corrected chi connectivity index (χ1v) is 10.7. The number of thiophene rings is 1. The number of Topliss-reactive ketones (excluding diaryl/α,β-unsaturated/α-hetero) is 1. The molecule has 0 aliphatic carbocycles. The van der Waals surface area contributed by atoms with Gasteiger partial charge >= 0.3 is 0 Å². The molecular weight excluding hydrogens is 398 g/mol. The molecule has 2 aromatic carbocycles. The molecule has 0 aliphatic heterocycles. The maximum Gasteiger partial charge on any atom is 0.191 e. The van der Waals surface area contributed by atoms with Crippen LogP contribution in [0.25, 0.3) is 20.8 Å². The van der Waals surface area contributed by atoms with Crippen LogP contribution in [-0.4, -0.2) is 26.3 Å². The van der Waals surface area contributed by atoms with Crippen molar-refractivity contribution in [2.45, 2.75) is 18.6 Å². The highest BCUT2D eigenvalue weighted by Crippen LogP contribution is 2.41. The van der Waals surface area contributed by atoms with Crippen LogP contribution in [0.1, 0.15) is 17.3 Å². The van der Waals surface area contributed by atoms with E-state index in [4.69, 9.17) is 11.6 Å². The summed E-state index contributed by atoms with van der Waals surface area (Å²) in [4.78, 5) is 13.3. The van der Waals surface area contributed by atoms with E-state index in [1.165, 1.54) is 11.8 Å². The van der Waals surface area contributed by atoms with Crippen molar-refractivity contribution in [2.75, 3.05) is 5.75 Å². The van der Waals surface area contributed by atoms with Crippen LogP contribution in [-0.2, 0) is 6.54 Å². The van der Waals surface area contributed by atoms with Crippen LogP contribution in [0.3, 0.4) is 0 Å². The molecule has 4 rings (SSSR count). The Kier molecular flexibility index (Phi) is 5.29. The summed E-state index contributed by atoms with van der Waals surface area (Å²) in [5, 5.41) is 11.1. The van der Waals surface area contributed by atoms with E-state index in [1.807, 2.05) is 60.0 Å². The Morgan fingerprint density at radius 1 is 1.11 bits per heavy atom. The number of benzene rings is 2. The summed E-state index contributed by atoms with van der Waals surface area (Å²) in [6.45, 7) is 2.74. The summed E-state index contributed by atoms with van der Waals surface area (Å²) in [7, 11) is 0. The number of thioether (sulfide) groups is 1. The molecule has 4 nitrogen and oxygen atoms in total. The van der Waals surface area contributed by atoms with Gasteiger partial charge < -0.3 is 4.57 Å². The number of carbonyl (C=O) groups excluding carboxylic acids is 1. The van der Waals surface area contributed by atoms with Crippen molar-refractivity contribution < 1.29 is 4.79 Å². The number of rotatable bonds is 6. The molecule has 7 heteroatoms. The predicted molar refractivity (Wildman–Crippen MR) is 113 cm³/mol. The van der Waals surface area contributed by atoms with Gasteiger partial charge in [0.05, 0.1) is 15.7 Å². The van der Waals surface area contributed by atoms with Gasteiger partial charge in [-0.1, -0.05) is 71.9 Å². The summed E-state index contributed by atoms with van der Waals surface area (Å²) in [6, 6.07) is 17.3. The summed E-state index contributed by atoms with van der Waals surface area (Å²) in [6.07, 6.45) is 0. The number of carbonyl (C=O) groups is 1. The van der Waals surface area contributed by atoms with Gasteiger partial charge in [0.1, 0.15) is 0 Å². The third-order valence-electron chi connectivity index (χ3n) is 4.20. The molecule has 2 aromatic heterocycles. The molecule has 2 heterocycles. The first-order valence-electron chi connectivity index (χ1n) is 8.50. The van der Waals surface area contributed by atoms with Gasteiger partial charge in [-0.05, 0) is 13.0 Å². The Balaban J connectivity index is 1.62. The molecule has 0 aliphatic rings. The van der Waals surface area contributed by atoms with Crippen molar-refractivity contribution in [3.8, 4) is 10.7 Å². The third-order valence-corrected chi connectivity index (χ3v) is 6.84. The summed E-state index contributed by atoms with van der Waals surface area (Å²) < 4.78 is 3.14. The van der Waals surface area contributed by atoms with Gasteiger partial charge in [0.2, 0.25) is 0 Å². The van der Waals surface area contributed by atoms with Gasteiger partial charge in [-0.25, -0.2) is 0 Å². The number of hydrogen-bond acceptors (Lipinski definition) is 5. The first-order chi connectivity index (χ1) is 13.2. The van der Waals surface area contributed by atoms with Crippen molar-refractivity contribution in [3.05, 3.63) is 65.2 Å². The summed E-state index contributed by atoms with van der Waals surface area (Å²) in [5.41, 5.74) is 0.709. The average Bonchev–Trinajstić information content (AvgIpc) is 3.27. The van der Waals surface area contributed by atoms with E-state index in [2.05, 4.69) is 16.3 Å². The average molecular weight is 414 g/mol. The fourth-order valence-corrected chi connectivity index (χ4v) is 5.25. The summed E-state index contributed by atoms with van der Waals surface area (Å²) >= 11 is 9.62. The molecule has 0 N–H and O–H groups in total. The van der Waals surface area contributed by atoms with Crippen LogP contribution >= 0.6 is 34.7 Å². The van der Waals surface area contributed by atoms with Crippen molar-refractivity contribution in [2.24, 2.45) is 0 Å². The lowest BCUT2D eigenvalue weighted by Gasteiger charge is -2.06. The molecular formula is C20H16ClN3OS2. The minimum absolute atomic E-state index is 0.0766. The van der Waals surface area contributed by atoms with Gasteiger partial charge in [0.25, 0.3) is 0 Å². The topological polar surface area (TPSA) is 47.8 Å². The van der Waals surface area contributed by atoms with Crippen molar-refractivity contribution in [1.82, 2.24) is 14.8 Å². The van der Waals surface area contributed by atoms with Crippen molar-refractivity contribution in [3.63, 3.8) is 0 Å². The van der Waals surface area contributed by atoms with Gasteiger partial charge in [-0.2, -0.15) is 0 Å². The van der Waals surface area contributed by atoms with E-state index in [0.29, 0.717) is 22.9 Å². The van der Waals surface area contributed by atoms with E-state index < -0.39 is 0 Å². The number of nitrogens with zero attached hydrogens (tertiary/aromatic N) is 3. The van der Waals surface area contributed by atoms with Crippen LogP contribution in [0.5, 0.6) is 0 Å². The zero-order valence-electron chi connectivity index (χ0n) is 14.6. The lowest BCUT2D eigenvalue weighted by atomic mass is 10.2. The molecule has 0 saturated heterocycles. The quantitative estimate of drug-likeness (QED) is 0.295. The molecule has 0 unspecified atom stereocenters. The van der Waals surface area contributed by atoms with E-state index in [0.717, 1.165) is 25.9 Å². The maximum absolute atomic E-state index is 12.4. The number of hydrogen-bond donors (Lipinski definition) is 0. The van der Waals surface area contributed by atoms with Crippen LogP contribution in [0.2, 0.25) is 5.02 Å². The normalized spacial score (nSPS) is 11.2. The van der Waals surface area contributed by atoms with Crippen LogP contribution in [0.4, 0.5) is 0 Å². The molecule has 27 heavy (non-hydrogen) atoms. The lowest BCUT2D eigenvalue weighted by Crippen LogP contribution is -2.04. The Morgan fingerprint density at radius 2 is 1.85 bits per heavy atom. The van der Waals surface area contributed by atoms with Gasteiger partial charge in [0, 0.05) is 22.2 Å². The fraction of sp³-hybridized carbons (Fsp3) is 0.150. The minimum Gasteiger partial charge on any atom is -0.302 e. The molecule has 4 aromatic rings. The smallest absolute Gasteiger partial charge is 0.191 e. The third kappa shape index (κ3) is 3.52. The van der Waals surface area contributed by atoms with Crippen molar-refractivity contribution in [1.29, 1.82) is 0 Å². The molecule has 0 amide bonds. The molecule has 0 bridgehead atoms. The Bertz CT molecular complexity index is 1110. The second kappa shape index (κ2) is 7.84. The SMILES string of the molecule is CCn1c(SCC(=O)c2ccccc2)nnc1-c1sc2ccccc2c1Cl. The van der Waals surface area contributed by atoms with Gasteiger partial charge in [-0.15, -0.1) is 21.5 Å². The second-order valence-corrected chi connectivity index (χ2v) is 8.24. The van der Waals surface area contributed by atoms with E-state index in [9.17, 15) is 4.79 Å². The molecule has 0 spiro atoms. The number of fused-ring (bicyclic) bond motifs is 1. The molecule has 0 radical (unpaired) electrons. The highest BCUT2D eigenvalue weighted by molar-refractivity contribution is 7.99. The summed E-state index contributed by atoms with van der Waals surface area (Å²) in [5.74, 6) is 1.15. The number of ketones is 1. The molecule has 136 valence electrons. The van der Waals surface area contributed by atoms with E-state index >= 15 is 0 Å². The number of halogens is 1. The highest BCUT2D eigenvalue weighted by Gasteiger charge is 2.20.